The number of carbonyl (C=O) groups is 1. The molecule has 8 heteroatoms. The predicted octanol–water partition coefficient (Wildman–Crippen LogP) is 2.96. The molecule has 152 valence electrons. The molecule has 1 heterocycles. The Morgan fingerprint density at radius 3 is 2.59 bits per heavy atom. The summed E-state index contributed by atoms with van der Waals surface area (Å²) in [7, 11) is 1.78. The quantitative estimate of drug-likeness (QED) is 0.353. The van der Waals surface area contributed by atoms with E-state index in [2.05, 4.69) is 38.4 Å². The van der Waals surface area contributed by atoms with E-state index < -0.39 is 0 Å². The molecule has 27 heavy (non-hydrogen) atoms. The van der Waals surface area contributed by atoms with Crippen LogP contribution < -0.4 is 15.5 Å². The van der Waals surface area contributed by atoms with Crippen LogP contribution in [0.4, 0.5) is 5.69 Å². The van der Waals surface area contributed by atoms with Crippen molar-refractivity contribution in [1.82, 2.24) is 15.5 Å². The van der Waals surface area contributed by atoms with E-state index in [9.17, 15) is 4.79 Å². The third kappa shape index (κ3) is 7.73. The maximum Gasteiger partial charge on any atom is 0.221 e. The highest BCUT2D eigenvalue weighted by molar-refractivity contribution is 14.0. The van der Waals surface area contributed by atoms with Crippen molar-refractivity contribution < 1.29 is 4.79 Å². The van der Waals surface area contributed by atoms with E-state index in [1.807, 2.05) is 25.1 Å². The van der Waals surface area contributed by atoms with Crippen molar-refractivity contribution in [1.29, 1.82) is 0 Å². The number of carbonyl (C=O) groups excluding carboxylic acids is 1. The second-order valence-corrected chi connectivity index (χ2v) is 6.99. The highest BCUT2D eigenvalue weighted by Crippen LogP contribution is 2.20. The number of halogens is 2. The van der Waals surface area contributed by atoms with Gasteiger partial charge in [0.05, 0.1) is 0 Å². The Bertz CT molecular complexity index is 620. The number of benzene rings is 1. The normalized spacial score (nSPS) is 15.8. The summed E-state index contributed by atoms with van der Waals surface area (Å²) in [4.78, 5) is 20.8. The van der Waals surface area contributed by atoms with Gasteiger partial charge < -0.3 is 20.4 Å². The lowest BCUT2D eigenvalue weighted by Crippen LogP contribution is -2.53. The van der Waals surface area contributed by atoms with Crippen molar-refractivity contribution in [3.63, 3.8) is 0 Å². The predicted molar refractivity (Wildman–Crippen MR) is 125 cm³/mol. The van der Waals surface area contributed by atoms with Crippen LogP contribution in [0.25, 0.3) is 0 Å². The van der Waals surface area contributed by atoms with Gasteiger partial charge in [0.25, 0.3) is 0 Å². The molecule has 0 spiro atoms. The summed E-state index contributed by atoms with van der Waals surface area (Å²) >= 11 is 6.09. The molecule has 1 atom stereocenters. The summed E-state index contributed by atoms with van der Waals surface area (Å²) in [5, 5.41) is 7.04. The third-order valence-electron chi connectivity index (χ3n) is 4.62. The van der Waals surface area contributed by atoms with Gasteiger partial charge in [0, 0.05) is 62.9 Å². The molecule has 1 aliphatic rings. The molecule has 1 aromatic rings. The number of hydrogen-bond acceptors (Lipinski definition) is 3. The molecule has 1 amide bonds. The topological polar surface area (TPSA) is 60.0 Å². The zero-order valence-electron chi connectivity index (χ0n) is 16.4. The van der Waals surface area contributed by atoms with Crippen molar-refractivity contribution in [2.45, 2.75) is 32.7 Å². The Morgan fingerprint density at radius 2 is 2.00 bits per heavy atom. The Balaban J connectivity index is 0.00000364. The summed E-state index contributed by atoms with van der Waals surface area (Å²) in [6, 6.07) is 8.19. The second-order valence-electron chi connectivity index (χ2n) is 6.55. The first kappa shape index (κ1) is 23.8. The van der Waals surface area contributed by atoms with Gasteiger partial charge in [-0.05, 0) is 31.5 Å². The minimum atomic E-state index is 0. The van der Waals surface area contributed by atoms with Gasteiger partial charge in [-0.25, -0.2) is 0 Å². The number of anilines is 1. The van der Waals surface area contributed by atoms with Crippen molar-refractivity contribution in [2.75, 3.05) is 44.7 Å². The SMILES string of the molecule is CCC(C)NC(=O)CCNC(=NC)N1CCN(c2cccc(Cl)c2)CC1.I. The first-order valence-corrected chi connectivity index (χ1v) is 9.66. The monoisotopic (exact) mass is 507 g/mol. The van der Waals surface area contributed by atoms with E-state index in [1.165, 1.54) is 0 Å². The molecule has 0 aromatic heterocycles. The number of guanidine groups is 1. The minimum Gasteiger partial charge on any atom is -0.368 e. The molecule has 2 rings (SSSR count). The average molecular weight is 508 g/mol. The molecule has 1 saturated heterocycles. The van der Waals surface area contributed by atoms with Gasteiger partial charge >= 0.3 is 0 Å². The molecule has 0 radical (unpaired) electrons. The van der Waals surface area contributed by atoms with Crippen molar-refractivity contribution >= 4 is 53.1 Å². The van der Waals surface area contributed by atoms with Gasteiger partial charge in [-0.15, -0.1) is 24.0 Å². The number of amides is 1. The minimum absolute atomic E-state index is 0. The van der Waals surface area contributed by atoms with E-state index in [-0.39, 0.29) is 35.9 Å². The fourth-order valence-electron chi connectivity index (χ4n) is 2.92. The van der Waals surface area contributed by atoms with Crippen LogP contribution in [0.2, 0.25) is 5.02 Å². The van der Waals surface area contributed by atoms with Gasteiger partial charge in [-0.3, -0.25) is 9.79 Å². The summed E-state index contributed by atoms with van der Waals surface area (Å²) < 4.78 is 0. The van der Waals surface area contributed by atoms with Gasteiger partial charge in [-0.1, -0.05) is 24.6 Å². The molecule has 1 unspecified atom stereocenters. The third-order valence-corrected chi connectivity index (χ3v) is 4.85. The molecular formula is C19H31ClIN5O. The van der Waals surface area contributed by atoms with Crippen LogP contribution in [0, 0.1) is 0 Å². The Hall–Kier alpha value is -1.22. The van der Waals surface area contributed by atoms with Gasteiger partial charge in [-0.2, -0.15) is 0 Å². The van der Waals surface area contributed by atoms with Crippen LogP contribution in [0.5, 0.6) is 0 Å². The summed E-state index contributed by atoms with van der Waals surface area (Å²) in [6.45, 7) is 8.25. The van der Waals surface area contributed by atoms with Crippen LogP contribution in [0.1, 0.15) is 26.7 Å². The zero-order chi connectivity index (χ0) is 18.9. The molecule has 0 aliphatic carbocycles. The lowest BCUT2D eigenvalue weighted by molar-refractivity contribution is -0.121. The second kappa shape index (κ2) is 12.3. The number of nitrogens with zero attached hydrogens (tertiary/aromatic N) is 3. The first-order valence-electron chi connectivity index (χ1n) is 9.29. The maximum atomic E-state index is 11.9. The van der Waals surface area contributed by atoms with Crippen LogP contribution in [-0.4, -0.2) is 62.6 Å². The van der Waals surface area contributed by atoms with E-state index in [0.717, 1.165) is 49.3 Å². The van der Waals surface area contributed by atoms with Gasteiger partial charge in [0.15, 0.2) is 5.96 Å². The van der Waals surface area contributed by atoms with Crippen LogP contribution in [0.15, 0.2) is 29.3 Å². The fraction of sp³-hybridized carbons (Fsp3) is 0.579. The van der Waals surface area contributed by atoms with E-state index >= 15 is 0 Å². The smallest absolute Gasteiger partial charge is 0.221 e. The maximum absolute atomic E-state index is 11.9. The average Bonchev–Trinajstić information content (AvgIpc) is 2.65. The lowest BCUT2D eigenvalue weighted by Gasteiger charge is -2.37. The number of aliphatic imine (C=N–C) groups is 1. The number of hydrogen-bond donors (Lipinski definition) is 2. The van der Waals surface area contributed by atoms with Crippen LogP contribution in [0.3, 0.4) is 0 Å². The molecule has 1 aromatic carbocycles. The molecule has 1 fully saturated rings. The molecule has 0 saturated carbocycles. The van der Waals surface area contributed by atoms with Crippen molar-refractivity contribution in [2.24, 2.45) is 4.99 Å². The summed E-state index contributed by atoms with van der Waals surface area (Å²) in [5.41, 5.74) is 1.15. The highest BCUT2D eigenvalue weighted by atomic mass is 127. The van der Waals surface area contributed by atoms with Gasteiger partial charge in [0.2, 0.25) is 5.91 Å². The van der Waals surface area contributed by atoms with Gasteiger partial charge in [0.1, 0.15) is 0 Å². The number of piperazine rings is 1. The van der Waals surface area contributed by atoms with E-state index in [0.29, 0.717) is 13.0 Å². The fourth-order valence-corrected chi connectivity index (χ4v) is 3.10. The lowest BCUT2D eigenvalue weighted by atomic mass is 10.2. The number of nitrogens with one attached hydrogen (secondary N) is 2. The first-order chi connectivity index (χ1) is 12.5. The highest BCUT2D eigenvalue weighted by Gasteiger charge is 2.20. The molecule has 6 nitrogen and oxygen atoms in total. The summed E-state index contributed by atoms with van der Waals surface area (Å²) in [6.07, 6.45) is 1.39. The largest absolute Gasteiger partial charge is 0.368 e. The molecule has 2 N–H and O–H groups in total. The molecular weight excluding hydrogens is 477 g/mol. The standard InChI is InChI=1S/C19H30ClN5O.HI/c1-4-15(2)23-18(26)8-9-22-19(21-3)25-12-10-24(11-13-25)17-7-5-6-16(20)14-17;/h5-7,14-15H,4,8-13H2,1-3H3,(H,21,22)(H,23,26);1H. The molecule has 1 aliphatic heterocycles. The van der Waals surface area contributed by atoms with Crippen LogP contribution in [-0.2, 0) is 4.79 Å². The van der Waals surface area contributed by atoms with E-state index in [4.69, 9.17) is 11.6 Å². The van der Waals surface area contributed by atoms with E-state index in [1.54, 1.807) is 7.05 Å². The zero-order valence-corrected chi connectivity index (χ0v) is 19.5. The Morgan fingerprint density at radius 1 is 1.30 bits per heavy atom. The number of rotatable bonds is 6. The summed E-state index contributed by atoms with van der Waals surface area (Å²) in [5.74, 6) is 0.931. The van der Waals surface area contributed by atoms with Crippen LogP contribution >= 0.6 is 35.6 Å². The molecule has 0 bridgehead atoms. The van der Waals surface area contributed by atoms with Crippen molar-refractivity contribution in [3.8, 4) is 0 Å². The Labute approximate surface area is 184 Å². The van der Waals surface area contributed by atoms with Crippen molar-refractivity contribution in [3.05, 3.63) is 29.3 Å². The Kier molecular flexibility index (Phi) is 10.8.